The van der Waals surface area contributed by atoms with Gasteiger partial charge in [-0.05, 0) is 12.1 Å². The number of nitrogens with two attached hydrogens (primary N) is 1. The fraction of sp³-hybridized carbons (Fsp3) is 0.143. The Kier molecular flexibility index (Phi) is 5.26. The fourth-order valence-electron chi connectivity index (χ4n) is 1.83. The van der Waals surface area contributed by atoms with Gasteiger partial charge in [-0.15, -0.1) is 11.3 Å². The van der Waals surface area contributed by atoms with Gasteiger partial charge >= 0.3 is 0 Å². The lowest BCUT2D eigenvalue weighted by Gasteiger charge is -2.10. The molecule has 23 heavy (non-hydrogen) atoms. The van der Waals surface area contributed by atoms with Crippen LogP contribution in [0.2, 0.25) is 0 Å². The third-order valence-corrected chi connectivity index (χ3v) is 3.45. The molecule has 0 fully saturated rings. The maximum Gasteiger partial charge on any atom is 0.257 e. The molecule has 1 heterocycles. The molecule has 0 aliphatic carbocycles. The van der Waals surface area contributed by atoms with Gasteiger partial charge in [0.2, 0.25) is 5.78 Å². The maximum absolute atomic E-state index is 12.8. The number of oxime groups is 1. The molecule has 1 aromatic heterocycles. The normalized spacial score (nSPS) is 11.1. The van der Waals surface area contributed by atoms with E-state index in [1.54, 1.807) is 29.6 Å². The van der Waals surface area contributed by atoms with Crippen molar-refractivity contribution in [3.63, 3.8) is 0 Å². The Labute approximate surface area is 136 Å². The summed E-state index contributed by atoms with van der Waals surface area (Å²) in [7, 11) is 1.33. The SMILES string of the molecule is CO/N=C(\C(=O)c1ccccc1NCC([NH])=O)c1csc(N)n1. The number of aromatic nitrogens is 1. The predicted molar refractivity (Wildman–Crippen MR) is 87.4 cm³/mol. The number of carbonyl (C=O) groups excluding carboxylic acids is 2. The summed E-state index contributed by atoms with van der Waals surface area (Å²) in [6, 6.07) is 6.61. The molecule has 2 aromatic rings. The van der Waals surface area contributed by atoms with Gasteiger partial charge in [0.25, 0.3) is 5.91 Å². The minimum Gasteiger partial charge on any atom is -0.398 e. The van der Waals surface area contributed by atoms with Crippen molar-refractivity contribution >= 4 is 39.6 Å². The molecule has 4 N–H and O–H groups in total. The first-order valence-corrected chi connectivity index (χ1v) is 7.35. The fourth-order valence-corrected chi connectivity index (χ4v) is 2.38. The van der Waals surface area contributed by atoms with E-state index in [-0.39, 0.29) is 17.8 Å². The molecule has 2 rings (SSSR count). The molecular weight excluding hydrogens is 318 g/mol. The predicted octanol–water partition coefficient (Wildman–Crippen LogP) is 1.18. The number of Topliss-reactive ketones (excluding diaryl/α,β-unsaturated/α-hetero) is 1. The monoisotopic (exact) mass is 332 g/mol. The number of amides is 1. The molecule has 0 bridgehead atoms. The van der Waals surface area contributed by atoms with Crippen LogP contribution < -0.4 is 16.8 Å². The highest BCUT2D eigenvalue weighted by Crippen LogP contribution is 2.20. The summed E-state index contributed by atoms with van der Waals surface area (Å²) in [5, 5.41) is 8.41. The third kappa shape index (κ3) is 4.04. The van der Waals surface area contributed by atoms with E-state index in [4.69, 9.17) is 16.3 Å². The molecule has 1 aromatic carbocycles. The van der Waals surface area contributed by atoms with Crippen molar-refractivity contribution in [1.82, 2.24) is 10.7 Å². The Morgan fingerprint density at radius 1 is 1.43 bits per heavy atom. The second kappa shape index (κ2) is 7.36. The number of hydrogen-bond acceptors (Lipinski definition) is 8. The Hall–Kier alpha value is -2.94. The molecule has 9 heteroatoms. The molecule has 0 saturated carbocycles. The number of benzene rings is 1. The van der Waals surface area contributed by atoms with Crippen LogP contribution in [0.4, 0.5) is 10.8 Å². The Morgan fingerprint density at radius 2 is 2.17 bits per heavy atom. The van der Waals surface area contributed by atoms with E-state index in [0.717, 1.165) is 0 Å². The van der Waals surface area contributed by atoms with E-state index in [0.29, 0.717) is 16.5 Å². The van der Waals surface area contributed by atoms with E-state index in [2.05, 4.69) is 15.5 Å². The van der Waals surface area contributed by atoms with Crippen LogP contribution in [0.1, 0.15) is 16.1 Å². The average molecular weight is 332 g/mol. The molecule has 0 saturated heterocycles. The summed E-state index contributed by atoms with van der Waals surface area (Å²) in [5.41, 5.74) is 13.6. The zero-order valence-corrected chi connectivity index (χ0v) is 13.0. The highest BCUT2D eigenvalue weighted by Gasteiger charge is 2.22. The number of rotatable bonds is 7. The second-order valence-corrected chi connectivity index (χ2v) is 5.23. The molecular formula is C14H14N5O3S. The van der Waals surface area contributed by atoms with Gasteiger partial charge in [0.15, 0.2) is 10.8 Å². The maximum atomic E-state index is 12.8. The van der Waals surface area contributed by atoms with Gasteiger partial charge in [-0.25, -0.2) is 4.98 Å². The zero-order chi connectivity index (χ0) is 16.8. The standard InChI is InChI=1S/C14H14N5O3S/c1-22-19-12(10-7-23-14(16)18-10)13(21)8-4-2-3-5-9(8)17-6-11(15)20/h2-5,7,15,17H,6H2,1H3,(H2,16,18)/b19-12-. The molecule has 0 atom stereocenters. The lowest BCUT2D eigenvalue weighted by molar-refractivity contribution is -0.117. The van der Waals surface area contributed by atoms with Crippen molar-refractivity contribution in [1.29, 1.82) is 0 Å². The van der Waals surface area contributed by atoms with Gasteiger partial charge in [0, 0.05) is 16.6 Å². The van der Waals surface area contributed by atoms with Crippen molar-refractivity contribution in [2.24, 2.45) is 5.16 Å². The number of nitrogens with zero attached hydrogens (tertiary/aromatic N) is 2. The first-order valence-electron chi connectivity index (χ1n) is 6.47. The first-order chi connectivity index (χ1) is 11.0. The van der Waals surface area contributed by atoms with Gasteiger partial charge in [0.1, 0.15) is 12.8 Å². The molecule has 8 nitrogen and oxygen atoms in total. The number of para-hydroxylation sites is 1. The quantitative estimate of drug-likeness (QED) is 0.445. The van der Waals surface area contributed by atoms with Crippen LogP contribution >= 0.6 is 11.3 Å². The zero-order valence-electron chi connectivity index (χ0n) is 12.2. The summed E-state index contributed by atoms with van der Waals surface area (Å²) in [4.78, 5) is 32.3. The molecule has 119 valence electrons. The average Bonchev–Trinajstić information content (AvgIpc) is 2.96. The van der Waals surface area contributed by atoms with E-state index >= 15 is 0 Å². The summed E-state index contributed by atoms with van der Waals surface area (Å²) < 4.78 is 0. The molecule has 0 aliphatic rings. The number of hydrogen-bond donors (Lipinski definition) is 2. The molecule has 1 amide bonds. The van der Waals surface area contributed by atoms with E-state index in [1.807, 2.05) is 0 Å². The van der Waals surface area contributed by atoms with E-state index < -0.39 is 11.7 Å². The molecule has 0 aliphatic heterocycles. The van der Waals surface area contributed by atoms with Crippen LogP contribution in [0, 0.1) is 0 Å². The number of carbonyl (C=O) groups is 2. The smallest absolute Gasteiger partial charge is 0.257 e. The number of thiazole rings is 1. The van der Waals surface area contributed by atoms with Crippen molar-refractivity contribution in [2.75, 3.05) is 24.7 Å². The van der Waals surface area contributed by atoms with Gasteiger partial charge in [-0.1, -0.05) is 17.3 Å². The molecule has 1 radical (unpaired) electrons. The topological polar surface area (TPSA) is 130 Å². The van der Waals surface area contributed by atoms with Crippen LogP contribution in [0.5, 0.6) is 0 Å². The van der Waals surface area contributed by atoms with Crippen LogP contribution in [0.25, 0.3) is 0 Å². The summed E-state index contributed by atoms with van der Waals surface area (Å²) in [5.74, 6) is -1.22. The van der Waals surface area contributed by atoms with Crippen LogP contribution in [-0.2, 0) is 9.63 Å². The molecule has 0 unspecified atom stereocenters. The molecule has 0 spiro atoms. The van der Waals surface area contributed by atoms with Crippen molar-refractivity contribution < 1.29 is 14.4 Å². The number of anilines is 2. The van der Waals surface area contributed by atoms with Crippen molar-refractivity contribution in [3.8, 4) is 0 Å². The van der Waals surface area contributed by atoms with Crippen LogP contribution in [0.15, 0.2) is 34.8 Å². The highest BCUT2D eigenvalue weighted by atomic mass is 32.1. The lowest BCUT2D eigenvalue weighted by atomic mass is 10.0. The van der Waals surface area contributed by atoms with Gasteiger partial charge in [0.05, 0.1) is 6.54 Å². The van der Waals surface area contributed by atoms with Crippen LogP contribution in [-0.4, -0.2) is 36.0 Å². The summed E-state index contributed by atoms with van der Waals surface area (Å²) in [6.45, 7) is -0.204. The lowest BCUT2D eigenvalue weighted by Crippen LogP contribution is -2.20. The van der Waals surface area contributed by atoms with E-state index in [9.17, 15) is 9.59 Å². The highest BCUT2D eigenvalue weighted by molar-refractivity contribution is 7.13. The Bertz CT molecular complexity index is 756. The van der Waals surface area contributed by atoms with Crippen molar-refractivity contribution in [2.45, 2.75) is 0 Å². The second-order valence-electron chi connectivity index (χ2n) is 4.34. The van der Waals surface area contributed by atoms with Gasteiger partial charge in [-0.2, -0.15) is 0 Å². The van der Waals surface area contributed by atoms with E-state index in [1.165, 1.54) is 18.4 Å². The third-order valence-electron chi connectivity index (χ3n) is 2.77. The van der Waals surface area contributed by atoms with Gasteiger partial charge in [-0.3, -0.25) is 15.3 Å². The number of nitrogen functional groups attached to an aromatic ring is 1. The first kappa shape index (κ1) is 16.4. The minimum absolute atomic E-state index is 0.00639. The Balaban J connectivity index is 2.37. The van der Waals surface area contributed by atoms with Gasteiger partial charge < -0.3 is 15.9 Å². The summed E-state index contributed by atoms with van der Waals surface area (Å²) >= 11 is 1.18. The number of nitrogens with one attached hydrogen (secondary N) is 2. The number of ketones is 1. The van der Waals surface area contributed by atoms with Crippen LogP contribution in [0.3, 0.4) is 0 Å². The van der Waals surface area contributed by atoms with Crippen molar-refractivity contribution in [3.05, 3.63) is 40.9 Å². The largest absolute Gasteiger partial charge is 0.398 e. The minimum atomic E-state index is -0.787. The summed E-state index contributed by atoms with van der Waals surface area (Å²) in [6.07, 6.45) is 0. The Morgan fingerprint density at radius 3 is 2.78 bits per heavy atom.